The van der Waals surface area contributed by atoms with Crippen LogP contribution in [0.4, 0.5) is 0 Å². The van der Waals surface area contributed by atoms with Crippen molar-refractivity contribution in [3.63, 3.8) is 0 Å². The first-order valence-electron chi connectivity index (χ1n) is 4.25. The van der Waals surface area contributed by atoms with Gasteiger partial charge in [-0.25, -0.2) is 0 Å². The highest BCUT2D eigenvalue weighted by Gasteiger charge is 2.08. The number of carbonyl (C=O) groups is 2. The Kier molecular flexibility index (Phi) is 7.18. The number of Topliss-reactive ketones (excluding diaryl/α,β-unsaturated/α-hetero) is 1. The van der Waals surface area contributed by atoms with Crippen LogP contribution in [0.5, 0.6) is 0 Å². The minimum atomic E-state index is -0.604. The maximum atomic E-state index is 11.0. The molecule has 0 aliphatic rings. The molecule has 0 saturated carbocycles. The van der Waals surface area contributed by atoms with E-state index in [4.69, 9.17) is 16.3 Å². The second kappa shape index (κ2) is 7.55. The number of halogens is 1. The van der Waals surface area contributed by atoms with Gasteiger partial charge in [-0.1, -0.05) is 11.6 Å². The summed E-state index contributed by atoms with van der Waals surface area (Å²) in [6, 6.07) is 0. The fraction of sp³-hybridized carbons (Fsp3) is 0.556. The number of esters is 1. The van der Waals surface area contributed by atoms with Crippen LogP contribution >= 0.6 is 20.1 Å². The second-order valence-corrected chi connectivity index (χ2v) is 4.04. The Balaban J connectivity index is 4.04. The number of ketones is 1. The summed E-state index contributed by atoms with van der Waals surface area (Å²) in [5.74, 6) is -0.858. The van der Waals surface area contributed by atoms with Crippen LogP contribution in [-0.4, -0.2) is 24.5 Å². The van der Waals surface area contributed by atoms with Crippen molar-refractivity contribution in [1.82, 2.24) is 0 Å². The van der Waals surface area contributed by atoms with E-state index in [9.17, 15) is 14.2 Å². The lowest BCUT2D eigenvalue weighted by atomic mass is 10.3. The molecule has 15 heavy (non-hydrogen) atoms. The van der Waals surface area contributed by atoms with Crippen molar-refractivity contribution in [2.24, 2.45) is 0 Å². The molecule has 0 saturated heterocycles. The van der Waals surface area contributed by atoms with E-state index in [0.717, 1.165) is 0 Å². The fourth-order valence-corrected chi connectivity index (χ4v) is 1.30. The molecule has 0 spiro atoms. The quantitative estimate of drug-likeness (QED) is 0.412. The topological polar surface area (TPSA) is 60.4 Å². The summed E-state index contributed by atoms with van der Waals surface area (Å²) in [4.78, 5) is 21.5. The predicted molar refractivity (Wildman–Crippen MR) is 57.3 cm³/mol. The van der Waals surface area contributed by atoms with E-state index in [1.165, 1.54) is 6.92 Å². The van der Waals surface area contributed by atoms with Crippen LogP contribution in [0, 0.1) is 0 Å². The summed E-state index contributed by atoms with van der Waals surface area (Å²) in [5.41, 5.74) is 0.698. The summed E-state index contributed by atoms with van der Waals surface area (Å²) in [6.45, 7) is 2.93. The number of allylic oxidation sites excluding steroid dienone is 1. The number of hydrogen-bond donors (Lipinski definition) is 0. The molecule has 0 radical (unpaired) electrons. The highest BCUT2D eigenvalue weighted by atomic mass is 35.5. The Morgan fingerprint density at radius 1 is 1.33 bits per heavy atom. The molecule has 0 aliphatic heterocycles. The zero-order valence-electron chi connectivity index (χ0n) is 8.58. The Morgan fingerprint density at radius 2 is 1.93 bits per heavy atom. The van der Waals surface area contributed by atoms with Crippen LogP contribution in [-0.2, 0) is 18.9 Å². The van der Waals surface area contributed by atoms with Crippen LogP contribution in [0.3, 0.4) is 0 Å². The Labute approximate surface area is 94.8 Å². The van der Waals surface area contributed by atoms with Gasteiger partial charge in [-0.15, -0.1) is 0 Å². The normalized spacial score (nSPS) is 12.2. The minimum absolute atomic E-state index is 0.0324. The van der Waals surface area contributed by atoms with Crippen molar-refractivity contribution in [2.45, 2.75) is 20.3 Å². The van der Waals surface area contributed by atoms with Gasteiger partial charge >= 0.3 is 5.97 Å². The average Bonchev–Trinajstić information content (AvgIpc) is 2.13. The van der Waals surface area contributed by atoms with Crippen molar-refractivity contribution in [2.75, 3.05) is 12.8 Å². The first-order valence-corrected chi connectivity index (χ1v) is 5.63. The number of hydrogen-bond acceptors (Lipinski definition) is 4. The van der Waals surface area contributed by atoms with E-state index in [-0.39, 0.29) is 27.3 Å². The summed E-state index contributed by atoms with van der Waals surface area (Å²) in [5, 5.41) is 0.343. The van der Waals surface area contributed by atoms with Gasteiger partial charge in [-0.05, 0) is 19.4 Å². The van der Waals surface area contributed by atoms with Gasteiger partial charge in [0.2, 0.25) is 0 Å². The van der Waals surface area contributed by atoms with Gasteiger partial charge in [0.15, 0.2) is 8.46 Å². The molecular weight excluding hydrogens is 239 g/mol. The molecule has 0 bridgehead atoms. The fourth-order valence-electron chi connectivity index (χ4n) is 0.704. The van der Waals surface area contributed by atoms with Crippen LogP contribution in [0.15, 0.2) is 10.6 Å². The first-order chi connectivity index (χ1) is 6.97. The maximum Gasteiger partial charge on any atom is 0.313 e. The van der Waals surface area contributed by atoms with Crippen LogP contribution in [0.1, 0.15) is 20.3 Å². The lowest BCUT2D eigenvalue weighted by molar-refractivity contribution is -0.144. The van der Waals surface area contributed by atoms with Crippen LogP contribution in [0.25, 0.3) is 0 Å². The first kappa shape index (κ1) is 14.3. The summed E-state index contributed by atoms with van der Waals surface area (Å²) < 4.78 is 15.0. The smallest absolute Gasteiger partial charge is 0.313 e. The minimum Gasteiger partial charge on any atom is -0.460 e. The molecule has 84 valence electrons. The summed E-state index contributed by atoms with van der Waals surface area (Å²) in [6.07, 6.45) is 0.0616. The molecule has 0 fully saturated rings. The van der Waals surface area contributed by atoms with Gasteiger partial charge in [-0.2, -0.15) is 0 Å². The van der Waals surface area contributed by atoms with Gasteiger partial charge in [0.05, 0.1) is 11.2 Å². The van der Waals surface area contributed by atoms with Gasteiger partial charge in [0.25, 0.3) is 0 Å². The molecule has 6 heteroatoms. The molecule has 0 aliphatic carbocycles. The Bertz CT molecular complexity index is 298. The molecule has 0 heterocycles. The number of carbonyl (C=O) groups excluding carboxylic acids is 2. The average molecular weight is 251 g/mol. The van der Waals surface area contributed by atoms with Crippen LogP contribution in [0.2, 0.25) is 0 Å². The van der Waals surface area contributed by atoms with E-state index in [0.29, 0.717) is 16.8 Å². The van der Waals surface area contributed by atoms with Crippen molar-refractivity contribution in [3.8, 4) is 0 Å². The van der Waals surface area contributed by atoms with Gasteiger partial charge < -0.3 is 4.74 Å². The van der Waals surface area contributed by atoms with E-state index < -0.39 is 5.97 Å². The molecule has 0 aromatic rings. The third-order valence-corrected chi connectivity index (χ3v) is 2.55. The van der Waals surface area contributed by atoms with E-state index in [1.807, 2.05) is 0 Å². The predicted octanol–water partition coefficient (Wildman–Crippen LogP) is 2.31. The molecule has 0 aromatic carbocycles. The third kappa shape index (κ3) is 7.23. The molecular formula is C9H12ClO4P. The zero-order chi connectivity index (χ0) is 11.8. The van der Waals surface area contributed by atoms with E-state index in [1.54, 1.807) is 6.92 Å². The third-order valence-electron chi connectivity index (χ3n) is 1.52. The van der Waals surface area contributed by atoms with E-state index in [2.05, 4.69) is 0 Å². The molecule has 0 rings (SSSR count). The second-order valence-electron chi connectivity index (χ2n) is 3.01. The van der Waals surface area contributed by atoms with Crippen molar-refractivity contribution < 1.29 is 18.9 Å². The summed E-state index contributed by atoms with van der Waals surface area (Å²) in [7, 11) is -0.0324. The Hall–Kier alpha value is -0.730. The number of ether oxygens (including phenoxy) is 1. The maximum absolute atomic E-state index is 11.0. The molecule has 4 nitrogen and oxygen atoms in total. The lowest BCUT2D eigenvalue weighted by Gasteiger charge is -2.04. The van der Waals surface area contributed by atoms with E-state index >= 15 is 0 Å². The SMILES string of the molecule is CC(=O)CC(=O)OCC(Cl)=C(C)CP=O. The van der Waals surface area contributed by atoms with Gasteiger partial charge in [0.1, 0.15) is 18.8 Å². The van der Waals surface area contributed by atoms with Crippen molar-refractivity contribution >= 4 is 31.8 Å². The number of rotatable bonds is 6. The van der Waals surface area contributed by atoms with Crippen LogP contribution < -0.4 is 0 Å². The standard InChI is InChI=1S/C9H12ClO4P/c1-6(5-15-13)8(10)4-14-9(12)3-7(2)11/h3-5H2,1-2H3. The highest BCUT2D eigenvalue weighted by molar-refractivity contribution is 7.24. The highest BCUT2D eigenvalue weighted by Crippen LogP contribution is 2.13. The summed E-state index contributed by atoms with van der Waals surface area (Å²) >= 11 is 5.76. The molecule has 0 unspecified atom stereocenters. The largest absolute Gasteiger partial charge is 0.460 e. The monoisotopic (exact) mass is 250 g/mol. The lowest BCUT2D eigenvalue weighted by Crippen LogP contribution is -2.10. The molecule has 0 atom stereocenters. The van der Waals surface area contributed by atoms with Crippen molar-refractivity contribution in [1.29, 1.82) is 0 Å². The molecule has 0 N–H and O–H groups in total. The molecule has 0 amide bonds. The van der Waals surface area contributed by atoms with Crippen molar-refractivity contribution in [3.05, 3.63) is 10.6 Å². The molecule has 0 aromatic heterocycles. The van der Waals surface area contributed by atoms with Gasteiger partial charge in [-0.3, -0.25) is 14.2 Å². The zero-order valence-corrected chi connectivity index (χ0v) is 10.2. The van der Waals surface area contributed by atoms with Gasteiger partial charge in [0, 0.05) is 0 Å². The Morgan fingerprint density at radius 3 is 2.40 bits per heavy atom.